The van der Waals surface area contributed by atoms with Gasteiger partial charge in [0.1, 0.15) is 50.3 Å². The Morgan fingerprint density at radius 2 is 0.859 bits per heavy atom. The van der Waals surface area contributed by atoms with Crippen molar-refractivity contribution in [3.05, 3.63) is 11.6 Å². The van der Waals surface area contributed by atoms with Gasteiger partial charge in [-0.2, -0.15) is 0 Å². The summed E-state index contributed by atoms with van der Waals surface area (Å²) in [5.74, 6) is -10.7. The Morgan fingerprint density at radius 3 is 1.35 bits per heavy atom. The van der Waals surface area contributed by atoms with Crippen LogP contribution in [0.25, 0.3) is 0 Å². The number of carbonyl (C=O) groups excluding carboxylic acids is 12. The summed E-state index contributed by atoms with van der Waals surface area (Å²) in [7, 11) is 0. The van der Waals surface area contributed by atoms with Gasteiger partial charge < -0.3 is 80.7 Å². The highest BCUT2D eigenvalue weighted by atomic mass is 16.8. The summed E-state index contributed by atoms with van der Waals surface area (Å²) in [6.07, 6.45) is -23.9. The van der Waals surface area contributed by atoms with Crippen molar-refractivity contribution < 1.29 is 133 Å². The molecule has 3 saturated heterocycles. The van der Waals surface area contributed by atoms with E-state index in [1.807, 2.05) is 0 Å². The fourth-order valence-corrected chi connectivity index (χ4v) is 9.37. The van der Waals surface area contributed by atoms with Gasteiger partial charge in [0.15, 0.2) is 55.3 Å². The number of rotatable bonds is 20. The third kappa shape index (κ3) is 18.1. The van der Waals surface area contributed by atoms with Crippen LogP contribution in [0.5, 0.6) is 0 Å². The summed E-state index contributed by atoms with van der Waals surface area (Å²) in [6.45, 7) is 11.7. The Labute approximate surface area is 447 Å². The van der Waals surface area contributed by atoms with Gasteiger partial charge in [0.25, 0.3) is 0 Å². The lowest BCUT2D eigenvalue weighted by molar-refractivity contribution is -0.368. The number of ether oxygens (including phenoxy) is 16. The average molecular weight is 1120 g/mol. The van der Waals surface area contributed by atoms with Crippen LogP contribution in [0.2, 0.25) is 0 Å². The van der Waals surface area contributed by atoms with Gasteiger partial charge in [-0.25, -0.2) is 0 Å². The fourth-order valence-electron chi connectivity index (χ4n) is 9.37. The number of hydrogen-bond donors (Lipinski definition) is 0. The molecule has 1 aliphatic carbocycles. The van der Waals surface area contributed by atoms with Crippen LogP contribution in [0, 0.1) is 0 Å². The molecule has 0 bridgehead atoms. The van der Waals surface area contributed by atoms with Gasteiger partial charge in [-0.15, -0.1) is 0 Å². The molecule has 0 radical (unpaired) electrons. The standard InChI is InChI=1S/C49H67NO28/c1-20-39(50(21(2)51)34-14-33(16-63-22(3)52)15-35(68-25(6)55)40(34)70-27(8)57)44(72-29(10)59)46(74-31(12)61)48(67-20)78-43-38(18-65-24(5)54)76-49(47(75-32(13)62)45(43)73-30(11)60)77-41-36(17-64-23(4)53)66-19-37(69-26(7)56)42(41)71-28(9)58/h14,20,34-49H,15-19H2,1-13H3/t20?,34-,35-,36?,37?,38?,39+,40-,41+,42?,43+,44?,45?,46?,47?,48+,49+/m0/s1. The molecule has 1 amide bonds. The van der Waals surface area contributed by atoms with Gasteiger partial charge in [0.2, 0.25) is 5.91 Å². The Kier molecular flexibility index (Phi) is 23.4. The van der Waals surface area contributed by atoms with Crippen LogP contribution in [0.4, 0.5) is 0 Å². The van der Waals surface area contributed by atoms with E-state index in [1.165, 1.54) is 13.0 Å². The lowest BCUT2D eigenvalue weighted by atomic mass is 9.86. The van der Waals surface area contributed by atoms with Gasteiger partial charge in [-0.1, -0.05) is 6.08 Å². The molecule has 436 valence electrons. The maximum atomic E-state index is 14.2. The maximum absolute atomic E-state index is 14.2. The maximum Gasteiger partial charge on any atom is 0.303 e. The van der Waals surface area contributed by atoms with Crippen molar-refractivity contribution in [3.63, 3.8) is 0 Å². The second-order valence-corrected chi connectivity index (χ2v) is 18.4. The van der Waals surface area contributed by atoms with E-state index >= 15 is 0 Å². The van der Waals surface area contributed by atoms with Crippen molar-refractivity contribution >= 4 is 71.6 Å². The molecule has 4 rings (SSSR count). The van der Waals surface area contributed by atoms with E-state index in [0.29, 0.717) is 5.57 Å². The van der Waals surface area contributed by atoms with E-state index in [4.69, 9.17) is 75.8 Å². The average Bonchev–Trinajstić information content (AvgIpc) is 3.37. The minimum absolute atomic E-state index is 0.143. The third-order valence-corrected chi connectivity index (χ3v) is 11.9. The van der Waals surface area contributed by atoms with E-state index in [1.54, 1.807) is 0 Å². The molecule has 0 aromatic rings. The zero-order valence-corrected chi connectivity index (χ0v) is 45.3. The molecule has 29 nitrogen and oxygen atoms in total. The number of hydrogen-bond acceptors (Lipinski definition) is 28. The number of carbonyl (C=O) groups is 12. The summed E-state index contributed by atoms with van der Waals surface area (Å²) < 4.78 is 93.0. The summed E-state index contributed by atoms with van der Waals surface area (Å²) >= 11 is 0. The molecule has 0 N–H and O–H groups in total. The molecule has 4 aliphatic rings. The van der Waals surface area contributed by atoms with E-state index in [-0.39, 0.29) is 13.0 Å². The monoisotopic (exact) mass is 1120 g/mol. The number of esters is 11. The minimum atomic E-state index is -1.98. The first kappa shape index (κ1) is 63.7. The number of nitrogens with zero attached hydrogens (tertiary/aromatic N) is 1. The van der Waals surface area contributed by atoms with Crippen molar-refractivity contribution in [1.82, 2.24) is 4.90 Å². The van der Waals surface area contributed by atoms with Crippen molar-refractivity contribution in [1.29, 1.82) is 0 Å². The molecular formula is C49H67NO28. The molecule has 0 aromatic heterocycles. The first-order valence-electron chi connectivity index (χ1n) is 24.5. The zero-order valence-electron chi connectivity index (χ0n) is 45.3. The quantitative estimate of drug-likeness (QED) is 0.0857. The van der Waals surface area contributed by atoms with E-state index < -0.39 is 195 Å². The smallest absolute Gasteiger partial charge is 0.303 e. The van der Waals surface area contributed by atoms with Crippen LogP contribution in [0.15, 0.2) is 11.6 Å². The zero-order chi connectivity index (χ0) is 58.5. The molecule has 17 atom stereocenters. The largest absolute Gasteiger partial charge is 0.463 e. The molecule has 3 fully saturated rings. The van der Waals surface area contributed by atoms with Crippen molar-refractivity contribution in [2.75, 3.05) is 26.4 Å². The third-order valence-electron chi connectivity index (χ3n) is 11.9. The summed E-state index contributed by atoms with van der Waals surface area (Å²) in [4.78, 5) is 154. The Hall–Kier alpha value is -6.82. The molecule has 78 heavy (non-hydrogen) atoms. The lowest BCUT2D eigenvalue weighted by Gasteiger charge is -2.53. The van der Waals surface area contributed by atoms with Crippen LogP contribution >= 0.6 is 0 Å². The topological polar surface area (TPSA) is 356 Å². The minimum Gasteiger partial charge on any atom is -0.463 e. The Balaban J connectivity index is 1.93. The Bertz CT molecular complexity index is 2280. The van der Waals surface area contributed by atoms with Gasteiger partial charge in [-0.05, 0) is 12.5 Å². The SMILES string of the molecule is CC(=O)OCC1=C[C@H](N(C(C)=O)[C@@H]2C(C)O[C@H](O[C@@H]3C(COC(C)=O)O[C@H](O[C@@H]4C(COC(C)=O)OCC(OC(C)=O)C4OC(C)=O)C(OC(C)=O)C3OC(C)=O)C(OC(C)=O)C2OC(C)=O)[C@H](OC(C)=O)[C@@H](OC(C)=O)C1. The van der Waals surface area contributed by atoms with Crippen molar-refractivity contribution in [3.8, 4) is 0 Å². The molecule has 29 heteroatoms. The van der Waals surface area contributed by atoms with Gasteiger partial charge in [-0.3, -0.25) is 57.5 Å². The molecule has 0 spiro atoms. The van der Waals surface area contributed by atoms with Crippen LogP contribution in [0.3, 0.4) is 0 Å². The predicted molar refractivity (Wildman–Crippen MR) is 250 cm³/mol. The van der Waals surface area contributed by atoms with E-state index in [9.17, 15) is 57.5 Å². The van der Waals surface area contributed by atoms with Crippen molar-refractivity contribution in [2.24, 2.45) is 0 Å². The van der Waals surface area contributed by atoms with Crippen LogP contribution in [-0.4, -0.2) is 207 Å². The molecule has 3 heterocycles. The summed E-state index contributed by atoms with van der Waals surface area (Å²) in [5.41, 5.74) is 0.293. The second-order valence-electron chi connectivity index (χ2n) is 18.4. The van der Waals surface area contributed by atoms with Gasteiger partial charge in [0, 0.05) is 89.5 Å². The van der Waals surface area contributed by atoms with Crippen LogP contribution in [0.1, 0.15) is 96.4 Å². The van der Waals surface area contributed by atoms with Crippen LogP contribution in [-0.2, 0) is 133 Å². The van der Waals surface area contributed by atoms with Crippen LogP contribution < -0.4 is 0 Å². The highest BCUT2D eigenvalue weighted by Crippen LogP contribution is 2.40. The highest BCUT2D eigenvalue weighted by molar-refractivity contribution is 5.76. The molecule has 9 unspecified atom stereocenters. The lowest BCUT2D eigenvalue weighted by Crippen LogP contribution is -2.71. The van der Waals surface area contributed by atoms with Gasteiger partial charge >= 0.3 is 65.7 Å². The first-order chi connectivity index (χ1) is 36.5. The van der Waals surface area contributed by atoms with E-state index in [0.717, 1.165) is 88.0 Å². The molecule has 0 aromatic carbocycles. The summed E-state index contributed by atoms with van der Waals surface area (Å²) in [6, 6.07) is -2.97. The fraction of sp³-hybridized carbons (Fsp3) is 0.714. The first-order valence-corrected chi connectivity index (χ1v) is 24.5. The molecule has 0 saturated carbocycles. The van der Waals surface area contributed by atoms with Crippen molar-refractivity contribution in [2.45, 2.75) is 200 Å². The second kappa shape index (κ2) is 28.7. The number of amides is 1. The normalized spacial score (nSPS) is 31.4. The molecule has 3 aliphatic heterocycles. The predicted octanol–water partition coefficient (Wildman–Crippen LogP) is -0.316. The summed E-state index contributed by atoms with van der Waals surface area (Å²) in [5, 5.41) is 0. The Morgan fingerprint density at radius 1 is 0.449 bits per heavy atom. The molecular weight excluding hydrogens is 1050 g/mol. The van der Waals surface area contributed by atoms with E-state index in [2.05, 4.69) is 0 Å². The van der Waals surface area contributed by atoms with Gasteiger partial charge in [0.05, 0.1) is 24.8 Å². The highest BCUT2D eigenvalue weighted by Gasteiger charge is 2.60.